The van der Waals surface area contributed by atoms with Gasteiger partial charge in [-0.25, -0.2) is 9.67 Å². The number of H-pyrrole nitrogens is 1. The van der Waals surface area contributed by atoms with Crippen molar-refractivity contribution >= 4 is 23.5 Å². The van der Waals surface area contributed by atoms with Crippen LogP contribution in [0.15, 0.2) is 64.4 Å². The molecule has 1 aromatic heterocycles. The van der Waals surface area contributed by atoms with Crippen LogP contribution < -0.4 is 10.9 Å². The highest BCUT2D eigenvalue weighted by molar-refractivity contribution is 7.80. The van der Waals surface area contributed by atoms with Gasteiger partial charge >= 0.3 is 0 Å². The molecule has 3 rings (SSSR count). The van der Waals surface area contributed by atoms with Crippen molar-refractivity contribution in [1.82, 2.24) is 15.1 Å². The molecule has 6 heteroatoms. The van der Waals surface area contributed by atoms with Crippen LogP contribution in [-0.2, 0) is 6.54 Å². The van der Waals surface area contributed by atoms with Crippen LogP contribution in [0.25, 0.3) is 5.69 Å². The number of nitrogens with one attached hydrogen (secondary N) is 2. The van der Waals surface area contributed by atoms with E-state index in [1.165, 1.54) is 10.9 Å². The minimum absolute atomic E-state index is 0.150. The number of nitrogens with zero attached hydrogens (tertiary/aromatic N) is 2. The van der Waals surface area contributed by atoms with E-state index in [0.717, 1.165) is 22.5 Å². The fraction of sp³-hybridized carbons (Fsp3) is 0.150. The van der Waals surface area contributed by atoms with Gasteiger partial charge in [-0.3, -0.25) is 9.89 Å². The Hall–Kier alpha value is -2.99. The molecule has 132 valence electrons. The first kappa shape index (κ1) is 17.8. The summed E-state index contributed by atoms with van der Waals surface area (Å²) in [6.45, 7) is 4.43. The molecule has 0 aliphatic carbocycles. The lowest BCUT2D eigenvalue weighted by molar-refractivity contribution is 0.834. The second-order valence-corrected chi connectivity index (χ2v) is 6.42. The lowest BCUT2D eigenvalue weighted by atomic mass is 10.2. The first-order chi connectivity index (χ1) is 12.5. The fourth-order valence-electron chi connectivity index (χ4n) is 2.60. The van der Waals surface area contributed by atoms with Crippen LogP contribution in [-0.4, -0.2) is 21.1 Å². The minimum atomic E-state index is -0.150. The van der Waals surface area contributed by atoms with Gasteiger partial charge in [-0.15, -0.1) is 0 Å². The molecule has 0 atom stereocenters. The van der Waals surface area contributed by atoms with Gasteiger partial charge < -0.3 is 5.32 Å². The molecule has 0 amide bonds. The average Bonchev–Trinajstić information content (AvgIpc) is 2.93. The van der Waals surface area contributed by atoms with E-state index in [9.17, 15) is 4.79 Å². The molecule has 0 aliphatic rings. The zero-order valence-electron chi connectivity index (χ0n) is 14.7. The number of aryl methyl sites for hydroxylation is 2. The molecule has 0 aliphatic heterocycles. The summed E-state index contributed by atoms with van der Waals surface area (Å²) < 4.78 is 1.52. The predicted molar refractivity (Wildman–Crippen MR) is 109 cm³/mol. The van der Waals surface area contributed by atoms with Crippen LogP contribution in [0.5, 0.6) is 0 Å². The van der Waals surface area contributed by atoms with E-state index in [4.69, 9.17) is 12.2 Å². The number of benzene rings is 2. The Bertz CT molecular complexity index is 1000. The van der Waals surface area contributed by atoms with Crippen LogP contribution in [0, 0.1) is 13.8 Å². The number of aromatic amines is 1. The van der Waals surface area contributed by atoms with Gasteiger partial charge in [0.25, 0.3) is 5.56 Å². The van der Waals surface area contributed by atoms with E-state index < -0.39 is 0 Å². The Morgan fingerprint density at radius 1 is 1.19 bits per heavy atom. The third-order valence-electron chi connectivity index (χ3n) is 3.97. The van der Waals surface area contributed by atoms with E-state index in [0.29, 0.717) is 17.2 Å². The third kappa shape index (κ3) is 4.15. The molecule has 0 spiro atoms. The monoisotopic (exact) mass is 364 g/mol. The minimum Gasteiger partial charge on any atom is -0.357 e. The number of aromatic nitrogens is 2. The Balaban J connectivity index is 1.74. The predicted octanol–water partition coefficient (Wildman–Crippen LogP) is 3.28. The molecular weight excluding hydrogens is 344 g/mol. The Labute approximate surface area is 157 Å². The Morgan fingerprint density at radius 3 is 2.69 bits per heavy atom. The second kappa shape index (κ2) is 7.93. The van der Waals surface area contributed by atoms with Gasteiger partial charge in [0.1, 0.15) is 0 Å². The number of hydrogen-bond acceptors (Lipinski definition) is 2. The maximum Gasteiger partial charge on any atom is 0.280 e. The van der Waals surface area contributed by atoms with Gasteiger partial charge in [0.05, 0.1) is 11.3 Å². The zero-order valence-corrected chi connectivity index (χ0v) is 15.5. The van der Waals surface area contributed by atoms with Crippen LogP contribution in [0.4, 0.5) is 0 Å². The van der Waals surface area contributed by atoms with Crippen LogP contribution in [0.2, 0.25) is 0 Å². The molecule has 0 saturated heterocycles. The van der Waals surface area contributed by atoms with E-state index in [2.05, 4.69) is 15.4 Å². The van der Waals surface area contributed by atoms with Crippen molar-refractivity contribution in [2.75, 3.05) is 0 Å². The van der Waals surface area contributed by atoms with Crippen LogP contribution in [0.3, 0.4) is 0 Å². The molecule has 5 nitrogen and oxygen atoms in total. The molecule has 3 aromatic rings. The normalized spacial score (nSPS) is 11.0. The van der Waals surface area contributed by atoms with Crippen molar-refractivity contribution in [1.29, 1.82) is 0 Å². The van der Waals surface area contributed by atoms with E-state index in [-0.39, 0.29) is 5.56 Å². The molecule has 0 radical (unpaired) electrons. The van der Waals surface area contributed by atoms with Gasteiger partial charge in [0.15, 0.2) is 5.11 Å². The quantitative estimate of drug-likeness (QED) is 0.552. The number of thiocarbonyl (C=S) groups is 1. The third-order valence-corrected chi connectivity index (χ3v) is 4.22. The van der Waals surface area contributed by atoms with E-state index in [1.807, 2.05) is 68.4 Å². The summed E-state index contributed by atoms with van der Waals surface area (Å²) >= 11 is 5.23. The molecule has 1 heterocycles. The average molecular weight is 364 g/mol. The highest BCUT2D eigenvalue weighted by Crippen LogP contribution is 2.08. The molecule has 2 N–H and O–H groups in total. The molecule has 0 unspecified atom stereocenters. The fourth-order valence-corrected chi connectivity index (χ4v) is 2.73. The highest BCUT2D eigenvalue weighted by atomic mass is 32.1. The Morgan fingerprint density at radius 2 is 1.96 bits per heavy atom. The van der Waals surface area contributed by atoms with Crippen LogP contribution >= 0.6 is 12.2 Å². The summed E-state index contributed by atoms with van der Waals surface area (Å²) in [7, 11) is 0. The van der Waals surface area contributed by atoms with Crippen LogP contribution in [0.1, 0.15) is 22.4 Å². The van der Waals surface area contributed by atoms with E-state index in [1.54, 1.807) is 0 Å². The molecule has 2 aromatic carbocycles. The number of hydrogen-bond donors (Lipinski definition) is 2. The van der Waals surface area contributed by atoms with Crippen molar-refractivity contribution in [3.05, 3.63) is 87.3 Å². The lowest BCUT2D eigenvalue weighted by Gasteiger charge is -2.03. The van der Waals surface area contributed by atoms with Gasteiger partial charge in [-0.1, -0.05) is 42.5 Å². The maximum absolute atomic E-state index is 12.7. The van der Waals surface area contributed by atoms with Crippen molar-refractivity contribution in [3.8, 4) is 5.69 Å². The zero-order chi connectivity index (χ0) is 18.5. The smallest absolute Gasteiger partial charge is 0.280 e. The summed E-state index contributed by atoms with van der Waals surface area (Å²) in [5.41, 5.74) is 4.08. The van der Waals surface area contributed by atoms with Crippen molar-refractivity contribution in [3.63, 3.8) is 0 Å². The highest BCUT2D eigenvalue weighted by Gasteiger charge is 2.10. The van der Waals surface area contributed by atoms with Crippen molar-refractivity contribution in [2.24, 2.45) is 4.99 Å². The van der Waals surface area contributed by atoms with E-state index >= 15 is 0 Å². The van der Waals surface area contributed by atoms with Crippen molar-refractivity contribution in [2.45, 2.75) is 20.4 Å². The summed E-state index contributed by atoms with van der Waals surface area (Å²) in [6, 6.07) is 17.7. The Kier molecular flexibility index (Phi) is 5.43. The maximum atomic E-state index is 12.7. The summed E-state index contributed by atoms with van der Waals surface area (Å²) in [4.78, 5) is 16.9. The summed E-state index contributed by atoms with van der Waals surface area (Å²) in [5.74, 6) is 0. The lowest BCUT2D eigenvalue weighted by Crippen LogP contribution is -2.20. The van der Waals surface area contributed by atoms with Gasteiger partial charge in [-0.2, -0.15) is 0 Å². The molecular formula is C20H20N4OS. The standard InChI is InChI=1S/C20H20N4OS/c1-14-7-6-10-17(11-14)24-19(25)18(15(2)23-24)13-22-20(26)21-12-16-8-4-3-5-9-16/h3-11,13,23H,12H2,1-2H3,(H,21,26). The van der Waals surface area contributed by atoms with Gasteiger partial charge in [0.2, 0.25) is 0 Å². The SMILES string of the molecule is Cc1cccc(-n2[nH]c(C)c(C=NC(=S)NCc3ccccc3)c2=O)c1. The first-order valence-electron chi connectivity index (χ1n) is 8.29. The summed E-state index contributed by atoms with van der Waals surface area (Å²) in [6.07, 6.45) is 1.51. The van der Waals surface area contributed by atoms with Crippen molar-refractivity contribution < 1.29 is 0 Å². The van der Waals surface area contributed by atoms with Gasteiger partial charge in [0, 0.05) is 18.5 Å². The molecule has 0 bridgehead atoms. The molecule has 0 saturated carbocycles. The number of rotatable bonds is 4. The molecule has 0 fully saturated rings. The topological polar surface area (TPSA) is 62.2 Å². The number of aliphatic imine (C=N–C) groups is 1. The molecule has 26 heavy (non-hydrogen) atoms. The second-order valence-electron chi connectivity index (χ2n) is 6.03. The first-order valence-corrected chi connectivity index (χ1v) is 8.70. The largest absolute Gasteiger partial charge is 0.357 e. The van der Waals surface area contributed by atoms with Gasteiger partial charge in [-0.05, 0) is 49.3 Å². The summed E-state index contributed by atoms with van der Waals surface area (Å²) in [5, 5.41) is 6.50.